The van der Waals surface area contributed by atoms with E-state index in [1.807, 2.05) is 40.7 Å². The number of thiocarbonyl (C=S) groups is 1. The van der Waals surface area contributed by atoms with Crippen LogP contribution in [0, 0.1) is 19.3 Å². The highest BCUT2D eigenvalue weighted by Crippen LogP contribution is 2.24. The van der Waals surface area contributed by atoms with Gasteiger partial charge in [0.15, 0.2) is 5.11 Å². The lowest BCUT2D eigenvalue weighted by Gasteiger charge is -2.24. The summed E-state index contributed by atoms with van der Waals surface area (Å²) in [5.74, 6) is 0.857. The maximum atomic E-state index is 12.2. The Bertz CT molecular complexity index is 556. The maximum Gasteiger partial charge on any atom is 0.231 e. The van der Waals surface area contributed by atoms with Crippen LogP contribution in [-0.2, 0) is 4.79 Å². The van der Waals surface area contributed by atoms with E-state index in [1.165, 1.54) is 5.56 Å². The van der Waals surface area contributed by atoms with Crippen LogP contribution >= 0.6 is 12.2 Å². The third kappa shape index (κ3) is 6.57. The number of hydrogen-bond donors (Lipinski definition) is 2. The average molecular weight is 337 g/mol. The van der Waals surface area contributed by atoms with Crippen LogP contribution in [0.1, 0.15) is 44.7 Å². The first-order chi connectivity index (χ1) is 10.8. The van der Waals surface area contributed by atoms with Crippen molar-refractivity contribution in [3.05, 3.63) is 29.3 Å². The van der Waals surface area contributed by atoms with Crippen LogP contribution in [0.5, 0.6) is 5.75 Å². The van der Waals surface area contributed by atoms with E-state index in [1.54, 1.807) is 0 Å². The molecule has 0 heterocycles. The van der Waals surface area contributed by atoms with Crippen molar-refractivity contribution in [2.75, 3.05) is 13.2 Å². The summed E-state index contributed by atoms with van der Waals surface area (Å²) in [7, 11) is 0. The molecular formula is C18H28N2O2S. The predicted octanol–water partition coefficient (Wildman–Crippen LogP) is 3.50. The average Bonchev–Trinajstić information content (AvgIpc) is 2.47. The molecule has 5 heteroatoms. The Morgan fingerprint density at radius 2 is 2.00 bits per heavy atom. The van der Waals surface area contributed by atoms with E-state index in [4.69, 9.17) is 17.0 Å². The van der Waals surface area contributed by atoms with Gasteiger partial charge in [0.25, 0.3) is 0 Å². The largest absolute Gasteiger partial charge is 0.493 e. The minimum atomic E-state index is -0.482. The number of benzene rings is 1. The molecule has 0 saturated carbocycles. The summed E-state index contributed by atoms with van der Waals surface area (Å²) in [5.41, 5.74) is 1.83. The second-order valence-corrected chi connectivity index (χ2v) is 6.83. The van der Waals surface area contributed by atoms with E-state index in [0.717, 1.165) is 24.2 Å². The monoisotopic (exact) mass is 336 g/mol. The molecule has 1 aromatic rings. The number of nitrogens with one attached hydrogen (secondary N) is 2. The van der Waals surface area contributed by atoms with Crippen molar-refractivity contribution in [3.63, 3.8) is 0 Å². The second-order valence-electron chi connectivity index (χ2n) is 6.42. The SMILES string of the molecule is CCNC(=S)NC(=O)C(C)(C)CCCOc1cc(C)ccc1C. The number of aryl methyl sites for hydroxylation is 2. The first-order valence-corrected chi connectivity index (χ1v) is 8.46. The molecule has 0 aromatic heterocycles. The lowest BCUT2D eigenvalue weighted by Crippen LogP contribution is -2.45. The van der Waals surface area contributed by atoms with E-state index in [-0.39, 0.29) is 5.91 Å². The minimum absolute atomic E-state index is 0.0600. The van der Waals surface area contributed by atoms with Crippen LogP contribution in [0.3, 0.4) is 0 Å². The molecule has 0 aliphatic rings. The van der Waals surface area contributed by atoms with Crippen molar-refractivity contribution >= 4 is 23.2 Å². The third-order valence-corrected chi connectivity index (χ3v) is 3.97. The van der Waals surface area contributed by atoms with Gasteiger partial charge in [0.05, 0.1) is 6.61 Å². The number of rotatable bonds is 7. The summed E-state index contributed by atoms with van der Waals surface area (Å²) in [5, 5.41) is 6.05. The van der Waals surface area contributed by atoms with Crippen molar-refractivity contribution in [1.82, 2.24) is 10.6 Å². The van der Waals surface area contributed by atoms with Crippen LogP contribution in [-0.4, -0.2) is 24.2 Å². The molecule has 0 aliphatic heterocycles. The number of carbonyl (C=O) groups is 1. The van der Waals surface area contributed by atoms with Crippen molar-refractivity contribution in [2.45, 2.75) is 47.5 Å². The quantitative estimate of drug-likeness (QED) is 0.591. The number of amides is 1. The van der Waals surface area contributed by atoms with E-state index >= 15 is 0 Å². The fourth-order valence-electron chi connectivity index (χ4n) is 2.15. The first-order valence-electron chi connectivity index (χ1n) is 8.05. The summed E-state index contributed by atoms with van der Waals surface area (Å²) < 4.78 is 5.84. The standard InChI is InChI=1S/C18H28N2O2S/c1-6-19-17(23)20-16(21)18(4,5)10-7-11-22-15-12-13(2)8-9-14(15)3/h8-9,12H,6-7,10-11H2,1-5H3,(H2,19,20,21,23). The summed E-state index contributed by atoms with van der Waals surface area (Å²) in [4.78, 5) is 12.2. The smallest absolute Gasteiger partial charge is 0.231 e. The molecule has 0 atom stereocenters. The maximum absolute atomic E-state index is 12.2. The van der Waals surface area contributed by atoms with Gasteiger partial charge in [0.1, 0.15) is 5.75 Å². The lowest BCUT2D eigenvalue weighted by molar-refractivity contribution is -0.128. The Hall–Kier alpha value is -1.62. The predicted molar refractivity (Wildman–Crippen MR) is 98.8 cm³/mol. The normalized spacial score (nSPS) is 11.0. The third-order valence-electron chi connectivity index (χ3n) is 3.73. The molecule has 0 spiro atoms. The number of hydrogen-bond acceptors (Lipinski definition) is 3. The topological polar surface area (TPSA) is 50.4 Å². The van der Waals surface area contributed by atoms with E-state index in [9.17, 15) is 4.79 Å². The van der Waals surface area contributed by atoms with Gasteiger partial charge in [-0.15, -0.1) is 0 Å². The zero-order valence-corrected chi connectivity index (χ0v) is 15.6. The van der Waals surface area contributed by atoms with Crippen LogP contribution in [0.15, 0.2) is 18.2 Å². The zero-order chi connectivity index (χ0) is 17.5. The van der Waals surface area contributed by atoms with Crippen molar-refractivity contribution < 1.29 is 9.53 Å². The number of ether oxygens (including phenoxy) is 1. The van der Waals surface area contributed by atoms with E-state index < -0.39 is 5.41 Å². The first kappa shape index (κ1) is 19.4. The molecule has 23 heavy (non-hydrogen) atoms. The van der Waals surface area contributed by atoms with Crippen LogP contribution in [0.2, 0.25) is 0 Å². The Kier molecular flexibility index (Phi) is 7.49. The molecule has 1 rings (SSSR count). The van der Waals surface area contributed by atoms with Crippen LogP contribution < -0.4 is 15.4 Å². The summed E-state index contributed by atoms with van der Waals surface area (Å²) in [6.45, 7) is 11.2. The van der Waals surface area contributed by atoms with Crippen LogP contribution in [0.25, 0.3) is 0 Å². The molecule has 0 fully saturated rings. The molecule has 4 nitrogen and oxygen atoms in total. The highest BCUT2D eigenvalue weighted by Gasteiger charge is 2.27. The number of carbonyl (C=O) groups excluding carboxylic acids is 1. The molecule has 0 unspecified atom stereocenters. The van der Waals surface area contributed by atoms with Gasteiger partial charge < -0.3 is 15.4 Å². The summed E-state index contributed by atoms with van der Waals surface area (Å²) in [6.07, 6.45) is 1.54. The fraction of sp³-hybridized carbons (Fsp3) is 0.556. The molecule has 2 N–H and O–H groups in total. The van der Waals surface area contributed by atoms with E-state index in [2.05, 4.69) is 22.8 Å². The van der Waals surface area contributed by atoms with Gasteiger partial charge in [-0.05, 0) is 63.0 Å². The lowest BCUT2D eigenvalue weighted by atomic mass is 9.87. The molecule has 1 aromatic carbocycles. The fourth-order valence-corrected chi connectivity index (χ4v) is 2.39. The Labute approximate surface area is 145 Å². The Balaban J connectivity index is 2.42. The van der Waals surface area contributed by atoms with Gasteiger partial charge in [-0.1, -0.05) is 26.0 Å². The minimum Gasteiger partial charge on any atom is -0.493 e. The molecule has 0 saturated heterocycles. The molecule has 0 aliphatic carbocycles. The van der Waals surface area contributed by atoms with E-state index in [0.29, 0.717) is 18.3 Å². The molecular weight excluding hydrogens is 308 g/mol. The highest BCUT2D eigenvalue weighted by molar-refractivity contribution is 7.80. The molecule has 0 bridgehead atoms. The Morgan fingerprint density at radius 3 is 2.65 bits per heavy atom. The van der Waals surface area contributed by atoms with Crippen LogP contribution in [0.4, 0.5) is 0 Å². The molecule has 128 valence electrons. The summed E-state index contributed by atoms with van der Waals surface area (Å²) >= 11 is 5.06. The van der Waals surface area contributed by atoms with Crippen molar-refractivity contribution in [3.8, 4) is 5.75 Å². The van der Waals surface area contributed by atoms with Gasteiger partial charge in [-0.2, -0.15) is 0 Å². The molecule has 1 amide bonds. The van der Waals surface area contributed by atoms with Gasteiger partial charge in [-0.25, -0.2) is 0 Å². The molecule has 0 radical (unpaired) electrons. The van der Waals surface area contributed by atoms with Gasteiger partial charge in [0, 0.05) is 12.0 Å². The highest BCUT2D eigenvalue weighted by atomic mass is 32.1. The zero-order valence-electron chi connectivity index (χ0n) is 14.8. The Morgan fingerprint density at radius 1 is 1.30 bits per heavy atom. The summed E-state index contributed by atoms with van der Waals surface area (Å²) in [6, 6.07) is 6.18. The van der Waals surface area contributed by atoms with Crippen molar-refractivity contribution in [2.24, 2.45) is 5.41 Å². The van der Waals surface area contributed by atoms with Gasteiger partial charge in [0.2, 0.25) is 5.91 Å². The van der Waals surface area contributed by atoms with Gasteiger partial charge in [-0.3, -0.25) is 4.79 Å². The second kappa shape index (κ2) is 8.87. The van der Waals surface area contributed by atoms with Crippen molar-refractivity contribution in [1.29, 1.82) is 0 Å². The van der Waals surface area contributed by atoms with Gasteiger partial charge >= 0.3 is 0 Å².